The van der Waals surface area contributed by atoms with Crippen LogP contribution in [0.25, 0.3) is 0 Å². The van der Waals surface area contributed by atoms with Crippen LogP contribution in [0.3, 0.4) is 0 Å². The smallest absolute Gasteiger partial charge is 0.0707 e. The topological polar surface area (TPSA) is 0 Å². The van der Waals surface area contributed by atoms with E-state index in [0.717, 1.165) is 53.3 Å². The molecule has 11 atom stereocenters. The highest BCUT2D eigenvalue weighted by Crippen LogP contribution is 2.78. The van der Waals surface area contributed by atoms with E-state index in [0.29, 0.717) is 11.2 Å². The maximum Gasteiger partial charge on any atom is 0.0707 e. The normalized spacial score (nSPS) is 69.1. The maximum atomic E-state index is 6.62. The van der Waals surface area contributed by atoms with Crippen LogP contribution in [0, 0.1) is 58.7 Å². The maximum absolute atomic E-state index is 6.62. The molecule has 7 aliphatic carbocycles. The molecule has 0 saturated heterocycles. The van der Waals surface area contributed by atoms with Crippen LogP contribution >= 0.6 is 0 Å². The fraction of sp³-hybridized carbons (Fsp3) is 0.900. The second-order valence-corrected chi connectivity index (χ2v) is 9.89. The van der Waals surface area contributed by atoms with Crippen molar-refractivity contribution in [2.75, 3.05) is 0 Å². The molecule has 0 heterocycles. The standard InChI is InChI=1S/C20H27B/c1-9-5-10-6-14(9)18-12-3-4-13(16(10)18)19-17(12)11-7-15(21)20(19,2)8-11/h5,10-19H,3-4,6-8H2,1-2H3. The quantitative estimate of drug-likeness (QED) is 0.453. The Morgan fingerprint density at radius 1 is 1.10 bits per heavy atom. The van der Waals surface area contributed by atoms with E-state index in [1.807, 2.05) is 0 Å². The molecule has 0 aromatic rings. The molecule has 6 bridgehead atoms. The second kappa shape index (κ2) is 3.49. The number of hydrogen-bond acceptors (Lipinski definition) is 0. The summed E-state index contributed by atoms with van der Waals surface area (Å²) in [5, 5.41) is 0. The monoisotopic (exact) mass is 278 g/mol. The summed E-state index contributed by atoms with van der Waals surface area (Å²) in [6, 6.07) is 0. The predicted octanol–water partition coefficient (Wildman–Crippen LogP) is 4.47. The Balaban J connectivity index is 1.49. The Bertz CT molecular complexity index is 550. The number of allylic oxidation sites excluding steroid dienone is 2. The molecule has 110 valence electrons. The lowest BCUT2D eigenvalue weighted by atomic mass is 9.41. The molecular weight excluding hydrogens is 251 g/mol. The molecule has 0 aromatic carbocycles. The first-order chi connectivity index (χ1) is 10.1. The van der Waals surface area contributed by atoms with Crippen LogP contribution in [0.5, 0.6) is 0 Å². The molecule has 0 nitrogen and oxygen atoms in total. The Morgan fingerprint density at radius 2 is 1.90 bits per heavy atom. The molecule has 0 N–H and O–H groups in total. The average molecular weight is 278 g/mol. The van der Waals surface area contributed by atoms with Gasteiger partial charge in [0.25, 0.3) is 0 Å². The summed E-state index contributed by atoms with van der Waals surface area (Å²) in [5.41, 5.74) is 2.26. The van der Waals surface area contributed by atoms with Gasteiger partial charge in [-0.3, -0.25) is 0 Å². The van der Waals surface area contributed by atoms with Gasteiger partial charge in [0.05, 0.1) is 7.85 Å². The van der Waals surface area contributed by atoms with E-state index in [1.54, 1.807) is 12.0 Å². The SMILES string of the molecule is [B]C1CC2CC1(C)C1C3CCC(C4C5CC(C=C5C)C34)C21. The van der Waals surface area contributed by atoms with Gasteiger partial charge < -0.3 is 0 Å². The largest absolute Gasteiger partial charge is 0.0819 e. The Morgan fingerprint density at radius 3 is 2.76 bits per heavy atom. The Kier molecular flexibility index (Phi) is 2.04. The molecule has 0 amide bonds. The molecule has 0 aliphatic heterocycles. The molecule has 1 heteroatoms. The summed E-state index contributed by atoms with van der Waals surface area (Å²) in [5.74, 6) is 9.75. The van der Waals surface area contributed by atoms with Crippen molar-refractivity contribution in [3.8, 4) is 0 Å². The number of fused-ring (bicyclic) bond motifs is 5. The third kappa shape index (κ3) is 1.15. The summed E-state index contributed by atoms with van der Waals surface area (Å²) < 4.78 is 0. The van der Waals surface area contributed by atoms with E-state index in [9.17, 15) is 0 Å². The molecule has 0 aromatic heterocycles. The predicted molar refractivity (Wildman–Crippen MR) is 85.9 cm³/mol. The van der Waals surface area contributed by atoms with Gasteiger partial charge in [-0.1, -0.05) is 30.8 Å². The van der Waals surface area contributed by atoms with Crippen LogP contribution < -0.4 is 0 Å². The fourth-order valence-corrected chi connectivity index (χ4v) is 9.31. The molecule has 6 fully saturated rings. The fourth-order valence-electron chi connectivity index (χ4n) is 9.31. The molecule has 0 spiro atoms. The summed E-state index contributed by atoms with van der Waals surface area (Å²) in [6.07, 6.45) is 10.1. The van der Waals surface area contributed by atoms with Crippen LogP contribution in [0.1, 0.15) is 46.0 Å². The first-order valence-corrected chi connectivity index (χ1v) is 9.53. The summed E-state index contributed by atoms with van der Waals surface area (Å²) in [7, 11) is 6.62. The Hall–Kier alpha value is -0.195. The zero-order chi connectivity index (χ0) is 14.1. The van der Waals surface area contributed by atoms with Crippen molar-refractivity contribution in [2.24, 2.45) is 58.7 Å². The van der Waals surface area contributed by atoms with E-state index in [2.05, 4.69) is 19.9 Å². The lowest BCUT2D eigenvalue weighted by molar-refractivity contribution is -0.120. The third-order valence-electron chi connectivity index (χ3n) is 9.60. The van der Waals surface area contributed by atoms with Gasteiger partial charge in [-0.25, -0.2) is 0 Å². The van der Waals surface area contributed by atoms with Crippen molar-refractivity contribution in [1.82, 2.24) is 0 Å². The molecule has 6 saturated carbocycles. The molecular formula is C20H27B. The van der Waals surface area contributed by atoms with Gasteiger partial charge in [0.15, 0.2) is 0 Å². The third-order valence-corrected chi connectivity index (χ3v) is 9.60. The van der Waals surface area contributed by atoms with Gasteiger partial charge in [0.2, 0.25) is 0 Å². The van der Waals surface area contributed by atoms with E-state index in [4.69, 9.17) is 7.85 Å². The van der Waals surface area contributed by atoms with Crippen LogP contribution in [-0.2, 0) is 0 Å². The van der Waals surface area contributed by atoms with Crippen molar-refractivity contribution in [1.29, 1.82) is 0 Å². The van der Waals surface area contributed by atoms with Crippen molar-refractivity contribution >= 4 is 7.85 Å². The highest BCUT2D eigenvalue weighted by atomic mass is 14.7. The lowest BCUT2D eigenvalue weighted by Crippen LogP contribution is -2.56. The van der Waals surface area contributed by atoms with Gasteiger partial charge in [-0.2, -0.15) is 0 Å². The van der Waals surface area contributed by atoms with Crippen molar-refractivity contribution in [3.05, 3.63) is 11.6 Å². The highest BCUT2D eigenvalue weighted by molar-refractivity contribution is 6.12. The van der Waals surface area contributed by atoms with E-state index < -0.39 is 0 Å². The first-order valence-electron chi connectivity index (χ1n) is 9.53. The summed E-state index contributed by atoms with van der Waals surface area (Å²) in [4.78, 5) is 0. The minimum atomic E-state index is 0.504. The van der Waals surface area contributed by atoms with Crippen LogP contribution in [0.2, 0.25) is 5.82 Å². The van der Waals surface area contributed by atoms with E-state index >= 15 is 0 Å². The summed E-state index contributed by atoms with van der Waals surface area (Å²) >= 11 is 0. The van der Waals surface area contributed by atoms with E-state index in [-0.39, 0.29) is 0 Å². The lowest BCUT2D eigenvalue weighted by Gasteiger charge is -2.62. The van der Waals surface area contributed by atoms with Crippen LogP contribution in [0.15, 0.2) is 11.6 Å². The van der Waals surface area contributed by atoms with Gasteiger partial charge in [-0.15, -0.1) is 0 Å². The molecule has 11 unspecified atom stereocenters. The zero-order valence-corrected chi connectivity index (χ0v) is 13.5. The van der Waals surface area contributed by atoms with Gasteiger partial charge in [-0.05, 0) is 91.3 Å². The Labute approximate surface area is 130 Å². The molecule has 7 aliphatic rings. The van der Waals surface area contributed by atoms with Crippen LogP contribution in [-0.4, -0.2) is 7.85 Å². The van der Waals surface area contributed by atoms with Gasteiger partial charge in [0, 0.05) is 0 Å². The second-order valence-electron chi connectivity index (χ2n) is 9.89. The van der Waals surface area contributed by atoms with Crippen molar-refractivity contribution in [3.63, 3.8) is 0 Å². The van der Waals surface area contributed by atoms with Crippen LogP contribution in [0.4, 0.5) is 0 Å². The minimum Gasteiger partial charge on any atom is -0.0819 e. The van der Waals surface area contributed by atoms with Crippen molar-refractivity contribution in [2.45, 2.75) is 51.8 Å². The summed E-state index contributed by atoms with van der Waals surface area (Å²) in [6.45, 7) is 5.00. The van der Waals surface area contributed by atoms with Gasteiger partial charge in [0.1, 0.15) is 0 Å². The van der Waals surface area contributed by atoms with Gasteiger partial charge >= 0.3 is 0 Å². The minimum absolute atomic E-state index is 0.504. The number of hydrogen-bond donors (Lipinski definition) is 0. The molecule has 7 rings (SSSR count). The first kappa shape index (κ1) is 12.3. The van der Waals surface area contributed by atoms with E-state index in [1.165, 1.54) is 25.7 Å². The molecule has 21 heavy (non-hydrogen) atoms. The average Bonchev–Trinajstić information content (AvgIpc) is 3.17. The van der Waals surface area contributed by atoms with Crippen molar-refractivity contribution < 1.29 is 0 Å². The number of rotatable bonds is 0. The molecule has 2 radical (unpaired) electrons. The zero-order valence-electron chi connectivity index (χ0n) is 13.5. The highest BCUT2D eigenvalue weighted by Gasteiger charge is 2.71.